The van der Waals surface area contributed by atoms with Crippen molar-refractivity contribution in [1.29, 1.82) is 5.41 Å². The van der Waals surface area contributed by atoms with Crippen molar-refractivity contribution < 1.29 is 4.79 Å². The van der Waals surface area contributed by atoms with Crippen LogP contribution in [0.3, 0.4) is 0 Å². The second kappa shape index (κ2) is 4.30. The zero-order chi connectivity index (χ0) is 14.8. The Morgan fingerprint density at radius 1 is 1.00 bits per heavy atom. The molecule has 0 aromatic carbocycles. The topological polar surface area (TPSA) is 40.9 Å². The molecule has 3 fully saturated rings. The fraction of sp³-hybridized carbons (Fsp3) is 0.789. The lowest BCUT2D eigenvalue weighted by molar-refractivity contribution is -0.117. The van der Waals surface area contributed by atoms with Crippen LogP contribution >= 0.6 is 0 Å². The fourth-order valence-electron chi connectivity index (χ4n) is 6.37. The molecule has 0 saturated heterocycles. The van der Waals surface area contributed by atoms with Crippen molar-refractivity contribution in [2.24, 2.45) is 28.6 Å². The predicted molar refractivity (Wildman–Crippen MR) is 84.4 cm³/mol. The number of carbonyl (C=O) groups is 1. The Labute approximate surface area is 127 Å². The zero-order valence-corrected chi connectivity index (χ0v) is 13.4. The van der Waals surface area contributed by atoms with Gasteiger partial charge >= 0.3 is 0 Å². The third kappa shape index (κ3) is 1.71. The normalized spacial score (nSPS) is 49.2. The fourth-order valence-corrected chi connectivity index (χ4v) is 6.37. The molecule has 0 aliphatic heterocycles. The lowest BCUT2D eigenvalue weighted by Crippen LogP contribution is -2.50. The monoisotopic (exact) mass is 285 g/mol. The van der Waals surface area contributed by atoms with Crippen LogP contribution in [0.4, 0.5) is 0 Å². The maximum atomic E-state index is 11.8. The molecule has 4 aliphatic carbocycles. The summed E-state index contributed by atoms with van der Waals surface area (Å²) in [5, 5.41) is 8.38. The smallest absolute Gasteiger partial charge is 0.155 e. The largest absolute Gasteiger partial charge is 0.309 e. The van der Waals surface area contributed by atoms with Gasteiger partial charge in [0.25, 0.3) is 0 Å². The maximum Gasteiger partial charge on any atom is 0.155 e. The van der Waals surface area contributed by atoms with Gasteiger partial charge in [-0.15, -0.1) is 0 Å². The number of fused-ring (bicyclic) bond motifs is 5. The third-order valence-electron chi connectivity index (χ3n) is 7.75. The molecule has 0 radical (unpaired) electrons. The molecular formula is C19H27NO. The van der Waals surface area contributed by atoms with E-state index in [-0.39, 0.29) is 10.8 Å². The quantitative estimate of drug-likeness (QED) is 0.697. The summed E-state index contributed by atoms with van der Waals surface area (Å²) in [5.74, 6) is 2.64. The van der Waals surface area contributed by atoms with Gasteiger partial charge in [-0.05, 0) is 74.2 Å². The number of nitrogens with one attached hydrogen (secondary N) is 1. The van der Waals surface area contributed by atoms with E-state index in [1.807, 2.05) is 6.08 Å². The van der Waals surface area contributed by atoms with Crippen LogP contribution in [0.2, 0.25) is 0 Å². The standard InChI is InChI=1S/C19H27NO/c1-18-9-7-13(21)11-12(18)3-4-14-15-5-6-17(20)19(15,2)10-8-16(14)18/h11,14-16,20H,3-10H2,1-2H3/t14?,15?,16?,18-,19-/m0/s1. The van der Waals surface area contributed by atoms with Crippen LogP contribution in [-0.2, 0) is 4.79 Å². The molecule has 1 N–H and O–H groups in total. The van der Waals surface area contributed by atoms with Gasteiger partial charge in [0.05, 0.1) is 0 Å². The van der Waals surface area contributed by atoms with Gasteiger partial charge in [-0.1, -0.05) is 19.4 Å². The van der Waals surface area contributed by atoms with E-state index in [0.717, 1.165) is 49.1 Å². The number of ketones is 1. The van der Waals surface area contributed by atoms with Crippen LogP contribution in [0.5, 0.6) is 0 Å². The maximum absolute atomic E-state index is 11.8. The molecule has 5 atom stereocenters. The third-order valence-corrected chi connectivity index (χ3v) is 7.75. The number of carbonyl (C=O) groups excluding carboxylic acids is 1. The van der Waals surface area contributed by atoms with E-state index >= 15 is 0 Å². The number of hydrogen-bond donors (Lipinski definition) is 1. The van der Waals surface area contributed by atoms with Crippen molar-refractivity contribution >= 4 is 11.5 Å². The van der Waals surface area contributed by atoms with Crippen LogP contribution in [0, 0.1) is 34.0 Å². The number of hydrogen-bond acceptors (Lipinski definition) is 2. The summed E-state index contributed by atoms with van der Waals surface area (Å²) in [6.07, 6.45) is 10.9. The molecule has 0 aromatic rings. The highest BCUT2D eigenvalue weighted by Gasteiger charge is 2.57. The van der Waals surface area contributed by atoms with Crippen molar-refractivity contribution in [1.82, 2.24) is 0 Å². The first-order valence-corrected chi connectivity index (χ1v) is 8.77. The average molecular weight is 285 g/mol. The highest BCUT2D eigenvalue weighted by atomic mass is 16.1. The first-order chi connectivity index (χ1) is 9.95. The molecule has 3 saturated carbocycles. The lowest BCUT2D eigenvalue weighted by atomic mass is 9.47. The Kier molecular flexibility index (Phi) is 2.81. The van der Waals surface area contributed by atoms with Crippen LogP contribution in [0.1, 0.15) is 65.2 Å². The summed E-state index contributed by atoms with van der Waals surface area (Å²) < 4.78 is 0. The molecule has 4 aliphatic rings. The van der Waals surface area contributed by atoms with Crippen LogP contribution in [0.15, 0.2) is 11.6 Å². The van der Waals surface area contributed by atoms with Crippen LogP contribution in [-0.4, -0.2) is 11.5 Å². The van der Waals surface area contributed by atoms with Gasteiger partial charge in [0, 0.05) is 17.5 Å². The minimum atomic E-state index is 0.198. The van der Waals surface area contributed by atoms with E-state index in [1.165, 1.54) is 31.3 Å². The lowest BCUT2D eigenvalue weighted by Gasteiger charge is -2.57. The van der Waals surface area contributed by atoms with Crippen molar-refractivity contribution in [3.63, 3.8) is 0 Å². The van der Waals surface area contributed by atoms with E-state index in [2.05, 4.69) is 13.8 Å². The minimum absolute atomic E-state index is 0.198. The molecule has 2 heteroatoms. The van der Waals surface area contributed by atoms with Gasteiger partial charge in [0.2, 0.25) is 0 Å². The summed E-state index contributed by atoms with van der Waals surface area (Å²) in [4.78, 5) is 11.8. The molecule has 0 spiro atoms. The summed E-state index contributed by atoms with van der Waals surface area (Å²) in [6.45, 7) is 4.80. The van der Waals surface area contributed by atoms with Gasteiger partial charge in [0.15, 0.2) is 5.78 Å². The van der Waals surface area contributed by atoms with E-state index in [9.17, 15) is 4.79 Å². The van der Waals surface area contributed by atoms with Crippen molar-refractivity contribution in [3.8, 4) is 0 Å². The average Bonchev–Trinajstić information content (AvgIpc) is 2.76. The summed E-state index contributed by atoms with van der Waals surface area (Å²) in [5.41, 5.74) is 2.96. The second-order valence-electron chi connectivity index (χ2n) is 8.44. The van der Waals surface area contributed by atoms with Gasteiger partial charge in [-0.2, -0.15) is 0 Å². The van der Waals surface area contributed by atoms with Crippen molar-refractivity contribution in [2.45, 2.75) is 65.2 Å². The Balaban J connectivity index is 1.70. The van der Waals surface area contributed by atoms with E-state index < -0.39 is 0 Å². The van der Waals surface area contributed by atoms with E-state index in [0.29, 0.717) is 5.78 Å². The predicted octanol–water partition coefficient (Wildman–Crippen LogP) is 4.54. The van der Waals surface area contributed by atoms with Crippen molar-refractivity contribution in [3.05, 3.63) is 11.6 Å². The van der Waals surface area contributed by atoms with Gasteiger partial charge in [-0.25, -0.2) is 0 Å². The van der Waals surface area contributed by atoms with Gasteiger partial charge in [-0.3, -0.25) is 4.79 Å². The number of rotatable bonds is 0. The summed E-state index contributed by atoms with van der Waals surface area (Å²) in [7, 11) is 0. The molecule has 4 rings (SSSR count). The molecule has 21 heavy (non-hydrogen) atoms. The SMILES string of the molecule is C[C@]12CCC(=O)C=C1CCC1C2CC[C@]2(C)C(=N)CCC12. The van der Waals surface area contributed by atoms with Gasteiger partial charge in [0.1, 0.15) is 0 Å². The summed E-state index contributed by atoms with van der Waals surface area (Å²) >= 11 is 0. The molecule has 0 amide bonds. The Morgan fingerprint density at radius 2 is 1.76 bits per heavy atom. The Bertz CT molecular complexity index is 548. The molecule has 0 heterocycles. The minimum Gasteiger partial charge on any atom is -0.309 e. The first kappa shape index (κ1) is 13.7. The van der Waals surface area contributed by atoms with E-state index in [1.54, 1.807) is 0 Å². The molecule has 3 unspecified atom stereocenters. The Hall–Kier alpha value is -0.920. The van der Waals surface area contributed by atoms with Crippen LogP contribution in [0.25, 0.3) is 0 Å². The second-order valence-corrected chi connectivity index (χ2v) is 8.44. The summed E-state index contributed by atoms with van der Waals surface area (Å²) in [6, 6.07) is 0. The highest BCUT2D eigenvalue weighted by molar-refractivity contribution is 5.92. The molecule has 2 nitrogen and oxygen atoms in total. The van der Waals surface area contributed by atoms with Crippen molar-refractivity contribution in [2.75, 3.05) is 0 Å². The van der Waals surface area contributed by atoms with Crippen LogP contribution < -0.4 is 0 Å². The molecule has 0 aromatic heterocycles. The Morgan fingerprint density at radius 3 is 2.57 bits per heavy atom. The number of allylic oxidation sites excluding steroid dienone is 1. The molecule has 114 valence electrons. The van der Waals surface area contributed by atoms with E-state index in [4.69, 9.17) is 5.41 Å². The molecule has 0 bridgehead atoms. The molecular weight excluding hydrogens is 258 g/mol. The zero-order valence-electron chi connectivity index (χ0n) is 13.4. The van der Waals surface area contributed by atoms with Gasteiger partial charge < -0.3 is 5.41 Å². The first-order valence-electron chi connectivity index (χ1n) is 8.77. The highest BCUT2D eigenvalue weighted by Crippen LogP contribution is 2.64.